The second-order valence-electron chi connectivity index (χ2n) is 3.87. The van der Waals surface area contributed by atoms with Crippen LogP contribution in [0.5, 0.6) is 0 Å². The molecular formula is C9H13IN2S. The second-order valence-corrected chi connectivity index (χ2v) is 6.38. The van der Waals surface area contributed by atoms with Crippen molar-refractivity contribution in [3.8, 4) is 0 Å². The summed E-state index contributed by atoms with van der Waals surface area (Å²) < 4.78 is 5.47. The van der Waals surface area contributed by atoms with Crippen molar-refractivity contribution < 1.29 is 0 Å². The molecule has 0 spiro atoms. The van der Waals surface area contributed by atoms with Crippen molar-refractivity contribution in [1.82, 2.24) is 9.36 Å². The first kappa shape index (κ1) is 9.83. The molecule has 4 heteroatoms. The van der Waals surface area contributed by atoms with Crippen LogP contribution in [0.3, 0.4) is 0 Å². The van der Waals surface area contributed by atoms with Crippen LogP contribution in [0.1, 0.15) is 44.3 Å². The van der Waals surface area contributed by atoms with Gasteiger partial charge >= 0.3 is 0 Å². The summed E-state index contributed by atoms with van der Waals surface area (Å²) in [6.45, 7) is 2.34. The van der Waals surface area contributed by atoms with Gasteiger partial charge in [-0.05, 0) is 52.9 Å². The maximum absolute atomic E-state index is 4.46. The quantitative estimate of drug-likeness (QED) is 0.743. The molecule has 1 saturated carbocycles. The van der Waals surface area contributed by atoms with Crippen LogP contribution in [-0.2, 0) is 0 Å². The Morgan fingerprint density at radius 1 is 1.46 bits per heavy atom. The van der Waals surface area contributed by atoms with Crippen molar-refractivity contribution >= 4 is 34.1 Å². The highest BCUT2D eigenvalue weighted by Gasteiger charge is 2.23. The lowest BCUT2D eigenvalue weighted by molar-refractivity contribution is 0.336. The van der Waals surface area contributed by atoms with Gasteiger partial charge in [0.05, 0.1) is 0 Å². The van der Waals surface area contributed by atoms with E-state index in [4.69, 9.17) is 0 Å². The number of halogens is 1. The van der Waals surface area contributed by atoms with Gasteiger partial charge in [0.1, 0.15) is 5.82 Å². The largest absolute Gasteiger partial charge is 0.213 e. The van der Waals surface area contributed by atoms with Crippen LogP contribution in [0.25, 0.3) is 0 Å². The van der Waals surface area contributed by atoms with Crippen LogP contribution in [0, 0.1) is 8.93 Å². The molecule has 2 unspecified atom stereocenters. The summed E-state index contributed by atoms with van der Waals surface area (Å²) in [7, 11) is 0. The first-order valence-electron chi connectivity index (χ1n) is 4.75. The number of hydrogen-bond acceptors (Lipinski definition) is 3. The van der Waals surface area contributed by atoms with E-state index in [1.807, 2.05) is 0 Å². The standard InChI is InChI=1S/C9H13IN2S/c1-6-3-2-4-7(5-6)8-11-9(10)13-12-8/h6-7H,2-5H2,1H3. The maximum Gasteiger partial charge on any atom is 0.173 e. The number of nitrogens with zero attached hydrogens (tertiary/aromatic N) is 2. The summed E-state index contributed by atoms with van der Waals surface area (Å²) in [5.74, 6) is 2.60. The highest BCUT2D eigenvalue weighted by atomic mass is 127. The van der Waals surface area contributed by atoms with Gasteiger partial charge in [-0.3, -0.25) is 0 Å². The number of hydrogen-bond donors (Lipinski definition) is 0. The molecular weight excluding hydrogens is 295 g/mol. The number of rotatable bonds is 1. The van der Waals surface area contributed by atoms with Crippen molar-refractivity contribution in [3.63, 3.8) is 0 Å². The normalized spacial score (nSPS) is 29.1. The molecule has 0 aromatic carbocycles. The Labute approximate surface area is 96.5 Å². The predicted molar refractivity (Wildman–Crippen MR) is 63.0 cm³/mol. The van der Waals surface area contributed by atoms with Crippen LogP contribution in [0.4, 0.5) is 0 Å². The van der Waals surface area contributed by atoms with Gasteiger partial charge in [-0.1, -0.05) is 19.8 Å². The molecule has 13 heavy (non-hydrogen) atoms. The van der Waals surface area contributed by atoms with E-state index in [-0.39, 0.29) is 0 Å². The monoisotopic (exact) mass is 308 g/mol. The molecule has 2 atom stereocenters. The van der Waals surface area contributed by atoms with Gasteiger partial charge in [0, 0.05) is 5.92 Å². The second kappa shape index (κ2) is 4.21. The Balaban J connectivity index is 2.08. The molecule has 0 bridgehead atoms. The van der Waals surface area contributed by atoms with Gasteiger partial charge in [-0.15, -0.1) is 0 Å². The minimum atomic E-state index is 0.642. The van der Waals surface area contributed by atoms with Gasteiger partial charge in [-0.25, -0.2) is 4.98 Å². The minimum Gasteiger partial charge on any atom is -0.213 e. The molecule has 2 rings (SSSR count). The fraction of sp³-hybridized carbons (Fsp3) is 0.778. The van der Waals surface area contributed by atoms with Crippen LogP contribution in [0.15, 0.2) is 0 Å². The van der Waals surface area contributed by atoms with E-state index in [2.05, 4.69) is 38.9 Å². The first-order valence-corrected chi connectivity index (χ1v) is 6.60. The summed E-state index contributed by atoms with van der Waals surface area (Å²) in [4.78, 5) is 4.46. The zero-order chi connectivity index (χ0) is 9.26. The average Bonchev–Trinajstić information content (AvgIpc) is 2.52. The average molecular weight is 308 g/mol. The summed E-state index contributed by atoms with van der Waals surface area (Å²) in [6.07, 6.45) is 5.31. The minimum absolute atomic E-state index is 0.642. The Morgan fingerprint density at radius 2 is 2.31 bits per heavy atom. The van der Waals surface area contributed by atoms with Crippen molar-refractivity contribution in [2.24, 2.45) is 5.92 Å². The summed E-state index contributed by atoms with van der Waals surface area (Å²) in [5.41, 5.74) is 0. The first-order chi connectivity index (χ1) is 6.25. The Morgan fingerprint density at radius 3 is 2.92 bits per heavy atom. The summed E-state index contributed by atoms with van der Waals surface area (Å²) >= 11 is 3.77. The molecule has 0 saturated heterocycles. The van der Waals surface area contributed by atoms with E-state index in [0.29, 0.717) is 5.92 Å². The fourth-order valence-electron chi connectivity index (χ4n) is 2.05. The Kier molecular flexibility index (Phi) is 3.18. The SMILES string of the molecule is CC1CCCC(c2nsc(I)n2)C1. The highest BCUT2D eigenvalue weighted by Crippen LogP contribution is 2.34. The van der Waals surface area contributed by atoms with Gasteiger partial charge in [-0.2, -0.15) is 4.37 Å². The topological polar surface area (TPSA) is 25.8 Å². The molecule has 72 valence electrons. The summed E-state index contributed by atoms with van der Waals surface area (Å²) in [6, 6.07) is 0. The molecule has 1 aliphatic carbocycles. The summed E-state index contributed by atoms with van der Waals surface area (Å²) in [5, 5.41) is 0. The smallest absolute Gasteiger partial charge is 0.173 e. The van der Waals surface area contributed by atoms with E-state index in [1.54, 1.807) is 0 Å². The lowest BCUT2D eigenvalue weighted by Gasteiger charge is -2.24. The number of aromatic nitrogens is 2. The fourth-order valence-corrected chi connectivity index (χ4v) is 3.09. The lowest BCUT2D eigenvalue weighted by atomic mass is 9.82. The third-order valence-electron chi connectivity index (χ3n) is 2.72. The molecule has 0 amide bonds. The third-order valence-corrected chi connectivity index (χ3v) is 4.07. The van der Waals surface area contributed by atoms with Crippen molar-refractivity contribution in [1.29, 1.82) is 0 Å². The molecule has 2 nitrogen and oxygen atoms in total. The lowest BCUT2D eigenvalue weighted by Crippen LogP contribution is -2.12. The zero-order valence-electron chi connectivity index (χ0n) is 7.66. The van der Waals surface area contributed by atoms with E-state index in [0.717, 1.165) is 14.8 Å². The molecule has 1 aromatic heterocycles. The van der Waals surface area contributed by atoms with Gasteiger partial charge in [0.2, 0.25) is 0 Å². The van der Waals surface area contributed by atoms with Crippen molar-refractivity contribution in [2.75, 3.05) is 0 Å². The molecule has 0 N–H and O–H groups in total. The van der Waals surface area contributed by atoms with Crippen molar-refractivity contribution in [2.45, 2.75) is 38.5 Å². The van der Waals surface area contributed by atoms with E-state index in [9.17, 15) is 0 Å². The van der Waals surface area contributed by atoms with E-state index < -0.39 is 0 Å². The van der Waals surface area contributed by atoms with Crippen LogP contribution in [0.2, 0.25) is 0 Å². The van der Waals surface area contributed by atoms with Crippen molar-refractivity contribution in [3.05, 3.63) is 8.84 Å². The van der Waals surface area contributed by atoms with Crippen LogP contribution < -0.4 is 0 Å². The predicted octanol–water partition coefficient (Wildman–Crippen LogP) is 3.44. The van der Waals surface area contributed by atoms with Gasteiger partial charge in [0.25, 0.3) is 0 Å². The Bertz CT molecular complexity index is 287. The molecule has 0 aliphatic heterocycles. The molecule has 1 heterocycles. The Hall–Kier alpha value is 0.290. The highest BCUT2D eigenvalue weighted by molar-refractivity contribution is 14.1. The molecule has 0 radical (unpaired) electrons. The molecule has 1 aliphatic rings. The third kappa shape index (κ3) is 2.40. The van der Waals surface area contributed by atoms with Gasteiger partial charge in [0.15, 0.2) is 3.01 Å². The zero-order valence-corrected chi connectivity index (χ0v) is 10.6. The molecule has 1 fully saturated rings. The van der Waals surface area contributed by atoms with Gasteiger partial charge < -0.3 is 0 Å². The van der Waals surface area contributed by atoms with Crippen LogP contribution >= 0.6 is 34.1 Å². The molecule has 1 aromatic rings. The maximum atomic E-state index is 4.46. The van der Waals surface area contributed by atoms with Crippen LogP contribution in [-0.4, -0.2) is 9.36 Å². The van der Waals surface area contributed by atoms with E-state index in [1.165, 1.54) is 37.2 Å². The van der Waals surface area contributed by atoms with E-state index >= 15 is 0 Å².